The second kappa shape index (κ2) is 3.59. The van der Waals surface area contributed by atoms with E-state index in [2.05, 4.69) is 21.2 Å². The lowest BCUT2D eigenvalue weighted by Crippen LogP contribution is -2.57. The maximum Gasteiger partial charge on any atom is 0.139 e. The molecule has 1 heterocycles. The Labute approximate surface area is 89.6 Å². The summed E-state index contributed by atoms with van der Waals surface area (Å²) in [6, 6.07) is 4.60. The second-order valence-electron chi connectivity index (χ2n) is 3.67. The Kier molecular flexibility index (Phi) is 2.58. The van der Waals surface area contributed by atoms with E-state index in [1.807, 2.05) is 0 Å². The highest BCUT2D eigenvalue weighted by Gasteiger charge is 2.37. The third kappa shape index (κ3) is 1.96. The zero-order valence-corrected chi connectivity index (χ0v) is 9.07. The van der Waals surface area contributed by atoms with Crippen LogP contribution in [0.1, 0.15) is 5.56 Å². The number of benzene rings is 1. The van der Waals surface area contributed by atoms with Gasteiger partial charge < -0.3 is 5.32 Å². The summed E-state index contributed by atoms with van der Waals surface area (Å²) in [6.07, 6.45) is 0.144. The molecule has 0 aromatic heterocycles. The predicted molar refractivity (Wildman–Crippen MR) is 54.5 cm³/mol. The largest absolute Gasteiger partial charge is 0.310 e. The van der Waals surface area contributed by atoms with Crippen LogP contribution in [0.4, 0.5) is 8.78 Å². The first kappa shape index (κ1) is 10.1. The van der Waals surface area contributed by atoms with Crippen molar-refractivity contribution in [3.63, 3.8) is 0 Å². The molecule has 1 aliphatic heterocycles. The first-order chi connectivity index (χ1) is 6.59. The van der Waals surface area contributed by atoms with Crippen LogP contribution in [0.3, 0.4) is 0 Å². The van der Waals surface area contributed by atoms with Gasteiger partial charge in [-0.3, -0.25) is 0 Å². The van der Waals surface area contributed by atoms with Gasteiger partial charge in [-0.1, -0.05) is 15.9 Å². The van der Waals surface area contributed by atoms with Crippen molar-refractivity contribution in [1.82, 2.24) is 5.32 Å². The Morgan fingerprint density at radius 1 is 1.43 bits per heavy atom. The predicted octanol–water partition coefficient (Wildman–Crippen LogP) is 2.44. The molecule has 4 heteroatoms. The Balaban J connectivity index is 2.19. The molecule has 14 heavy (non-hydrogen) atoms. The maximum absolute atomic E-state index is 13.7. The van der Waals surface area contributed by atoms with Crippen LogP contribution in [-0.4, -0.2) is 18.8 Å². The number of hydrogen-bond acceptors (Lipinski definition) is 1. The van der Waals surface area contributed by atoms with Crippen molar-refractivity contribution in [2.75, 3.05) is 13.1 Å². The van der Waals surface area contributed by atoms with Gasteiger partial charge in [0, 0.05) is 24.0 Å². The SMILES string of the molecule is Fc1ccc(Br)cc1CC1(F)CNC1. The Morgan fingerprint density at radius 3 is 2.71 bits per heavy atom. The highest BCUT2D eigenvalue weighted by atomic mass is 79.9. The van der Waals surface area contributed by atoms with Gasteiger partial charge in [-0.15, -0.1) is 0 Å². The molecule has 1 saturated heterocycles. The van der Waals surface area contributed by atoms with Crippen molar-refractivity contribution in [1.29, 1.82) is 0 Å². The van der Waals surface area contributed by atoms with Gasteiger partial charge in [0.2, 0.25) is 0 Å². The average molecular weight is 262 g/mol. The molecule has 0 saturated carbocycles. The summed E-state index contributed by atoms with van der Waals surface area (Å²) in [5.74, 6) is -0.336. The monoisotopic (exact) mass is 261 g/mol. The molecule has 1 nitrogen and oxygen atoms in total. The maximum atomic E-state index is 13.7. The summed E-state index contributed by atoms with van der Waals surface area (Å²) in [7, 11) is 0. The first-order valence-electron chi connectivity index (χ1n) is 4.43. The quantitative estimate of drug-likeness (QED) is 0.863. The van der Waals surface area contributed by atoms with E-state index < -0.39 is 5.67 Å². The molecular formula is C10H10BrF2N. The molecule has 0 unspecified atom stereocenters. The summed E-state index contributed by atoms with van der Waals surface area (Å²) in [5.41, 5.74) is -0.829. The molecule has 1 aliphatic rings. The van der Waals surface area contributed by atoms with Crippen LogP contribution in [0.15, 0.2) is 22.7 Å². The van der Waals surface area contributed by atoms with E-state index >= 15 is 0 Å². The minimum absolute atomic E-state index is 0.144. The summed E-state index contributed by atoms with van der Waals surface area (Å²) >= 11 is 3.24. The number of rotatable bonds is 2. The van der Waals surface area contributed by atoms with Crippen molar-refractivity contribution in [3.8, 4) is 0 Å². The van der Waals surface area contributed by atoms with Gasteiger partial charge in [0.05, 0.1) is 0 Å². The van der Waals surface area contributed by atoms with Crippen molar-refractivity contribution in [2.24, 2.45) is 0 Å². The fourth-order valence-corrected chi connectivity index (χ4v) is 1.95. The summed E-state index contributed by atoms with van der Waals surface area (Å²) in [5, 5.41) is 2.85. The Morgan fingerprint density at radius 2 is 2.14 bits per heavy atom. The first-order valence-corrected chi connectivity index (χ1v) is 5.22. The molecule has 0 atom stereocenters. The highest BCUT2D eigenvalue weighted by Crippen LogP contribution is 2.25. The van der Waals surface area contributed by atoms with E-state index in [-0.39, 0.29) is 12.2 Å². The van der Waals surface area contributed by atoms with Crippen molar-refractivity contribution in [2.45, 2.75) is 12.1 Å². The Hall–Kier alpha value is -0.480. The number of nitrogens with one attached hydrogen (secondary N) is 1. The van der Waals surface area contributed by atoms with E-state index in [0.29, 0.717) is 18.7 Å². The third-order valence-electron chi connectivity index (χ3n) is 2.40. The molecule has 1 aromatic carbocycles. The van der Waals surface area contributed by atoms with Gasteiger partial charge in [-0.25, -0.2) is 8.78 Å². The topological polar surface area (TPSA) is 12.0 Å². The van der Waals surface area contributed by atoms with Crippen LogP contribution in [-0.2, 0) is 6.42 Å². The molecule has 1 fully saturated rings. The van der Waals surface area contributed by atoms with Crippen LogP contribution in [0.5, 0.6) is 0 Å². The van der Waals surface area contributed by atoms with Crippen LogP contribution in [0.2, 0.25) is 0 Å². The molecule has 76 valence electrons. The molecule has 2 rings (SSSR count). The molecular weight excluding hydrogens is 252 g/mol. The number of alkyl halides is 1. The fraction of sp³-hybridized carbons (Fsp3) is 0.400. The average Bonchev–Trinajstić information content (AvgIpc) is 2.09. The summed E-state index contributed by atoms with van der Waals surface area (Å²) < 4.78 is 27.7. The molecule has 0 aliphatic carbocycles. The van der Waals surface area contributed by atoms with Crippen LogP contribution >= 0.6 is 15.9 Å². The van der Waals surface area contributed by atoms with Gasteiger partial charge in [0.25, 0.3) is 0 Å². The summed E-state index contributed by atoms with van der Waals surface area (Å²) in [4.78, 5) is 0. The minimum atomic E-state index is -1.26. The van der Waals surface area contributed by atoms with Gasteiger partial charge in [0.1, 0.15) is 11.5 Å². The van der Waals surface area contributed by atoms with Crippen LogP contribution < -0.4 is 5.32 Å². The zero-order valence-electron chi connectivity index (χ0n) is 7.49. The van der Waals surface area contributed by atoms with Crippen LogP contribution in [0.25, 0.3) is 0 Å². The van der Waals surface area contributed by atoms with Crippen LogP contribution in [0, 0.1) is 5.82 Å². The lowest BCUT2D eigenvalue weighted by atomic mass is 9.91. The second-order valence-corrected chi connectivity index (χ2v) is 4.58. The van der Waals surface area contributed by atoms with Gasteiger partial charge in [-0.05, 0) is 23.8 Å². The molecule has 1 N–H and O–H groups in total. The zero-order chi connectivity index (χ0) is 10.2. The molecule has 0 spiro atoms. The molecule has 0 bridgehead atoms. The van der Waals surface area contributed by atoms with Gasteiger partial charge in [0.15, 0.2) is 0 Å². The Bertz CT molecular complexity index is 350. The number of halogens is 3. The van der Waals surface area contributed by atoms with E-state index in [1.54, 1.807) is 12.1 Å². The van der Waals surface area contributed by atoms with Gasteiger partial charge >= 0.3 is 0 Å². The molecule has 0 radical (unpaired) electrons. The lowest BCUT2D eigenvalue weighted by molar-refractivity contribution is 0.0901. The van der Waals surface area contributed by atoms with E-state index in [4.69, 9.17) is 0 Å². The summed E-state index contributed by atoms with van der Waals surface area (Å²) in [6.45, 7) is 0.637. The van der Waals surface area contributed by atoms with E-state index in [1.165, 1.54) is 6.07 Å². The van der Waals surface area contributed by atoms with Crippen molar-refractivity contribution >= 4 is 15.9 Å². The van der Waals surface area contributed by atoms with E-state index in [9.17, 15) is 8.78 Å². The highest BCUT2D eigenvalue weighted by molar-refractivity contribution is 9.10. The normalized spacial score (nSPS) is 19.1. The van der Waals surface area contributed by atoms with Crippen molar-refractivity contribution in [3.05, 3.63) is 34.1 Å². The van der Waals surface area contributed by atoms with Gasteiger partial charge in [-0.2, -0.15) is 0 Å². The number of hydrogen-bond donors (Lipinski definition) is 1. The lowest BCUT2D eigenvalue weighted by Gasteiger charge is -2.35. The fourth-order valence-electron chi connectivity index (χ4n) is 1.54. The smallest absolute Gasteiger partial charge is 0.139 e. The van der Waals surface area contributed by atoms with E-state index in [0.717, 1.165) is 4.47 Å². The van der Waals surface area contributed by atoms with Crippen molar-refractivity contribution < 1.29 is 8.78 Å². The molecule has 0 amide bonds. The minimum Gasteiger partial charge on any atom is -0.310 e. The molecule has 1 aromatic rings. The standard InChI is InChI=1S/C10H10BrF2N/c11-8-1-2-9(12)7(3-8)4-10(13)5-14-6-10/h1-3,14H,4-6H2. The third-order valence-corrected chi connectivity index (χ3v) is 2.89.